The third-order valence-corrected chi connectivity index (χ3v) is 2.80. The van der Waals surface area contributed by atoms with Crippen molar-refractivity contribution in [1.82, 2.24) is 9.38 Å². The Balaban J connectivity index is 2.64. The first kappa shape index (κ1) is 10.4. The molecule has 0 unspecified atom stereocenters. The SMILES string of the molecule is CC(=O)Cc1nc(Br)c2ccc(C)cn12. The molecule has 0 bridgehead atoms. The Bertz CT molecular complexity index is 531. The van der Waals surface area contributed by atoms with E-state index >= 15 is 0 Å². The van der Waals surface area contributed by atoms with Crippen molar-refractivity contribution in [3.8, 4) is 0 Å². The molecule has 2 aromatic heterocycles. The van der Waals surface area contributed by atoms with Crippen molar-refractivity contribution in [2.45, 2.75) is 20.3 Å². The molecular weight excluding hydrogens is 256 g/mol. The number of carbonyl (C=O) groups is 1. The third-order valence-electron chi connectivity index (χ3n) is 2.22. The molecule has 0 atom stereocenters. The minimum Gasteiger partial charge on any atom is -0.302 e. The summed E-state index contributed by atoms with van der Waals surface area (Å²) in [6.07, 6.45) is 2.36. The molecule has 3 nitrogen and oxygen atoms in total. The van der Waals surface area contributed by atoms with E-state index in [0.717, 1.165) is 21.5 Å². The first-order chi connectivity index (χ1) is 7.08. The lowest BCUT2D eigenvalue weighted by molar-refractivity contribution is -0.116. The number of aromatic nitrogens is 2. The van der Waals surface area contributed by atoms with Crippen LogP contribution in [0.4, 0.5) is 0 Å². The average molecular weight is 267 g/mol. The molecule has 2 heterocycles. The average Bonchev–Trinajstić information content (AvgIpc) is 2.42. The van der Waals surface area contributed by atoms with E-state index in [4.69, 9.17) is 0 Å². The van der Waals surface area contributed by atoms with E-state index in [1.807, 2.05) is 29.7 Å². The van der Waals surface area contributed by atoms with Gasteiger partial charge in [-0.05, 0) is 41.4 Å². The molecule has 0 spiro atoms. The quantitative estimate of drug-likeness (QED) is 0.838. The van der Waals surface area contributed by atoms with Gasteiger partial charge in [-0.2, -0.15) is 0 Å². The van der Waals surface area contributed by atoms with Gasteiger partial charge in [0.15, 0.2) is 0 Å². The number of aryl methyl sites for hydroxylation is 1. The van der Waals surface area contributed by atoms with Gasteiger partial charge in [0.05, 0.1) is 11.9 Å². The highest BCUT2D eigenvalue weighted by Gasteiger charge is 2.10. The number of carbonyl (C=O) groups excluding carboxylic acids is 1. The fourth-order valence-electron chi connectivity index (χ4n) is 1.56. The van der Waals surface area contributed by atoms with Crippen LogP contribution in [-0.4, -0.2) is 15.2 Å². The zero-order valence-corrected chi connectivity index (χ0v) is 10.2. The summed E-state index contributed by atoms with van der Waals surface area (Å²) in [4.78, 5) is 15.4. The number of Topliss-reactive ketones (excluding diaryl/α,β-unsaturated/α-hetero) is 1. The van der Waals surface area contributed by atoms with E-state index in [1.54, 1.807) is 6.92 Å². The number of halogens is 1. The summed E-state index contributed by atoms with van der Waals surface area (Å²) in [6.45, 7) is 3.59. The Morgan fingerprint density at radius 2 is 2.27 bits per heavy atom. The standard InChI is InChI=1S/C11H11BrN2O/c1-7-3-4-9-11(12)13-10(5-8(2)15)14(9)6-7/h3-4,6H,5H2,1-2H3. The molecule has 15 heavy (non-hydrogen) atoms. The van der Waals surface area contributed by atoms with Gasteiger partial charge in [-0.3, -0.25) is 4.79 Å². The third kappa shape index (κ3) is 1.95. The fourth-order valence-corrected chi connectivity index (χ4v) is 2.09. The lowest BCUT2D eigenvalue weighted by Crippen LogP contribution is -2.02. The maximum atomic E-state index is 11.1. The predicted molar refractivity (Wildman–Crippen MR) is 62.0 cm³/mol. The number of nitrogens with zero attached hydrogens (tertiary/aromatic N) is 2. The Kier molecular flexibility index (Phi) is 2.61. The highest BCUT2D eigenvalue weighted by molar-refractivity contribution is 9.10. The van der Waals surface area contributed by atoms with Gasteiger partial charge >= 0.3 is 0 Å². The van der Waals surface area contributed by atoms with Crippen LogP contribution in [0.25, 0.3) is 5.52 Å². The first-order valence-corrected chi connectivity index (χ1v) is 5.50. The lowest BCUT2D eigenvalue weighted by Gasteiger charge is -2.00. The monoisotopic (exact) mass is 266 g/mol. The number of imidazole rings is 1. The van der Waals surface area contributed by atoms with Crippen LogP contribution < -0.4 is 0 Å². The molecule has 2 rings (SSSR count). The van der Waals surface area contributed by atoms with Crippen LogP contribution in [0.3, 0.4) is 0 Å². The molecule has 0 fully saturated rings. The van der Waals surface area contributed by atoms with E-state index in [0.29, 0.717) is 6.42 Å². The van der Waals surface area contributed by atoms with E-state index in [2.05, 4.69) is 20.9 Å². The number of ketones is 1. The molecule has 78 valence electrons. The number of hydrogen-bond acceptors (Lipinski definition) is 2. The summed E-state index contributed by atoms with van der Waals surface area (Å²) in [7, 11) is 0. The van der Waals surface area contributed by atoms with Crippen molar-refractivity contribution >= 4 is 27.2 Å². The van der Waals surface area contributed by atoms with Crippen molar-refractivity contribution < 1.29 is 4.79 Å². The molecule has 4 heteroatoms. The van der Waals surface area contributed by atoms with Gasteiger partial charge in [0, 0.05) is 6.20 Å². The second-order valence-corrected chi connectivity index (χ2v) is 4.41. The van der Waals surface area contributed by atoms with Crippen LogP contribution in [0.15, 0.2) is 22.9 Å². The minimum atomic E-state index is 0.121. The number of pyridine rings is 1. The molecule has 0 amide bonds. The summed E-state index contributed by atoms with van der Waals surface area (Å²) in [5.74, 6) is 0.906. The van der Waals surface area contributed by atoms with Crippen LogP contribution in [0.1, 0.15) is 18.3 Å². The van der Waals surface area contributed by atoms with E-state index in [-0.39, 0.29) is 5.78 Å². The van der Waals surface area contributed by atoms with Gasteiger partial charge in [-0.15, -0.1) is 0 Å². The number of fused-ring (bicyclic) bond motifs is 1. The minimum absolute atomic E-state index is 0.121. The molecule has 0 aliphatic carbocycles. The van der Waals surface area contributed by atoms with Gasteiger partial charge in [-0.25, -0.2) is 4.98 Å². The second kappa shape index (κ2) is 3.77. The van der Waals surface area contributed by atoms with Crippen molar-refractivity contribution in [2.75, 3.05) is 0 Å². The molecule has 0 aromatic carbocycles. The molecule has 0 saturated heterocycles. The number of rotatable bonds is 2. The summed E-state index contributed by atoms with van der Waals surface area (Å²) < 4.78 is 2.75. The summed E-state index contributed by atoms with van der Waals surface area (Å²) in [5, 5.41) is 0. The molecule has 2 aromatic rings. The smallest absolute Gasteiger partial charge is 0.137 e. The Morgan fingerprint density at radius 3 is 2.93 bits per heavy atom. The maximum Gasteiger partial charge on any atom is 0.137 e. The van der Waals surface area contributed by atoms with Crippen LogP contribution in [0, 0.1) is 6.92 Å². The molecule has 0 N–H and O–H groups in total. The number of hydrogen-bond donors (Lipinski definition) is 0. The zero-order chi connectivity index (χ0) is 11.0. The first-order valence-electron chi connectivity index (χ1n) is 4.70. The van der Waals surface area contributed by atoms with Crippen molar-refractivity contribution in [2.24, 2.45) is 0 Å². The highest BCUT2D eigenvalue weighted by Crippen LogP contribution is 2.19. The lowest BCUT2D eigenvalue weighted by atomic mass is 10.3. The maximum absolute atomic E-state index is 11.1. The van der Waals surface area contributed by atoms with Crippen LogP contribution in [-0.2, 0) is 11.2 Å². The normalized spacial score (nSPS) is 10.9. The highest BCUT2D eigenvalue weighted by atomic mass is 79.9. The Hall–Kier alpha value is -1.16. The van der Waals surface area contributed by atoms with Crippen molar-refractivity contribution in [3.63, 3.8) is 0 Å². The summed E-state index contributed by atoms with van der Waals surface area (Å²) in [6, 6.07) is 4.02. The van der Waals surface area contributed by atoms with Crippen LogP contribution in [0.2, 0.25) is 0 Å². The Labute approximate surface area is 96.3 Å². The van der Waals surface area contributed by atoms with Crippen LogP contribution >= 0.6 is 15.9 Å². The molecule has 0 saturated carbocycles. The topological polar surface area (TPSA) is 34.4 Å². The zero-order valence-electron chi connectivity index (χ0n) is 8.62. The largest absolute Gasteiger partial charge is 0.302 e. The molecule has 0 radical (unpaired) electrons. The molecular formula is C11H11BrN2O. The van der Waals surface area contributed by atoms with Gasteiger partial charge in [0.1, 0.15) is 16.2 Å². The van der Waals surface area contributed by atoms with Crippen LogP contribution in [0.5, 0.6) is 0 Å². The molecule has 0 aliphatic rings. The van der Waals surface area contributed by atoms with E-state index in [9.17, 15) is 4.79 Å². The van der Waals surface area contributed by atoms with E-state index < -0.39 is 0 Å². The Morgan fingerprint density at radius 1 is 1.53 bits per heavy atom. The fraction of sp³-hybridized carbons (Fsp3) is 0.273. The summed E-state index contributed by atoms with van der Waals surface area (Å²) >= 11 is 3.39. The van der Waals surface area contributed by atoms with Gasteiger partial charge in [-0.1, -0.05) is 6.07 Å². The van der Waals surface area contributed by atoms with Gasteiger partial charge < -0.3 is 4.40 Å². The predicted octanol–water partition coefficient (Wildman–Crippen LogP) is 2.54. The van der Waals surface area contributed by atoms with Gasteiger partial charge in [0.25, 0.3) is 0 Å². The summed E-state index contributed by atoms with van der Waals surface area (Å²) in [5.41, 5.74) is 2.15. The second-order valence-electron chi connectivity index (χ2n) is 3.66. The van der Waals surface area contributed by atoms with Crippen molar-refractivity contribution in [1.29, 1.82) is 0 Å². The van der Waals surface area contributed by atoms with E-state index in [1.165, 1.54) is 0 Å². The van der Waals surface area contributed by atoms with Gasteiger partial charge in [0.2, 0.25) is 0 Å². The van der Waals surface area contributed by atoms with Crippen molar-refractivity contribution in [3.05, 3.63) is 34.3 Å². The molecule has 0 aliphatic heterocycles.